The number of likely N-dealkylation sites (N-methyl/N-ethyl adjacent to an activating group) is 1. The summed E-state index contributed by atoms with van der Waals surface area (Å²) in [5.41, 5.74) is 0. The molecule has 0 aromatic heterocycles. The summed E-state index contributed by atoms with van der Waals surface area (Å²) in [4.78, 5) is 11.4. The molecule has 0 aliphatic heterocycles. The fourth-order valence-electron chi connectivity index (χ4n) is 1.76. The van der Waals surface area contributed by atoms with Gasteiger partial charge in [0.1, 0.15) is 0 Å². The fraction of sp³-hybridized carbons (Fsp3) is 0.917. The van der Waals surface area contributed by atoms with E-state index in [0.29, 0.717) is 6.04 Å². The van der Waals surface area contributed by atoms with Gasteiger partial charge in [-0.2, -0.15) is 0 Å². The molecule has 0 radical (unpaired) electrons. The smallest absolute Gasteiger partial charge is 0.236 e. The van der Waals surface area contributed by atoms with Gasteiger partial charge in [-0.25, -0.2) is 0 Å². The Morgan fingerprint density at radius 3 is 2.33 bits per heavy atom. The van der Waals surface area contributed by atoms with Crippen LogP contribution in [0.4, 0.5) is 0 Å². The van der Waals surface area contributed by atoms with Gasteiger partial charge >= 0.3 is 0 Å². The van der Waals surface area contributed by atoms with E-state index in [9.17, 15) is 4.79 Å². The largest absolute Gasteiger partial charge is 0.358 e. The zero-order valence-electron chi connectivity index (χ0n) is 10.6. The van der Waals surface area contributed by atoms with E-state index in [-0.39, 0.29) is 11.9 Å². The highest BCUT2D eigenvalue weighted by Crippen LogP contribution is 2.07. The van der Waals surface area contributed by atoms with Crippen LogP contribution in [0, 0.1) is 0 Å². The van der Waals surface area contributed by atoms with Crippen molar-refractivity contribution in [3.8, 4) is 0 Å². The topological polar surface area (TPSA) is 41.1 Å². The molecular formula is C12H26N2O. The summed E-state index contributed by atoms with van der Waals surface area (Å²) in [5, 5.41) is 6.06. The summed E-state index contributed by atoms with van der Waals surface area (Å²) >= 11 is 0. The van der Waals surface area contributed by atoms with Gasteiger partial charge < -0.3 is 10.6 Å². The number of hydrogen-bond donors (Lipinski definition) is 2. The van der Waals surface area contributed by atoms with Gasteiger partial charge in [0.15, 0.2) is 0 Å². The van der Waals surface area contributed by atoms with Crippen LogP contribution in [0.25, 0.3) is 0 Å². The number of nitrogens with one attached hydrogen (secondary N) is 2. The summed E-state index contributed by atoms with van der Waals surface area (Å²) in [7, 11) is 1.68. The maximum Gasteiger partial charge on any atom is 0.236 e. The first-order chi connectivity index (χ1) is 7.15. The molecular weight excluding hydrogens is 188 g/mol. The fourth-order valence-corrected chi connectivity index (χ4v) is 1.76. The zero-order valence-corrected chi connectivity index (χ0v) is 10.6. The molecule has 0 spiro atoms. The third kappa shape index (κ3) is 6.50. The highest BCUT2D eigenvalue weighted by molar-refractivity contribution is 5.80. The van der Waals surface area contributed by atoms with Gasteiger partial charge in [-0.05, 0) is 19.8 Å². The van der Waals surface area contributed by atoms with E-state index < -0.39 is 0 Å². The van der Waals surface area contributed by atoms with Gasteiger partial charge in [0.2, 0.25) is 5.91 Å². The molecule has 3 heteroatoms. The number of rotatable bonds is 8. The minimum absolute atomic E-state index is 0.0765. The monoisotopic (exact) mass is 214 g/mol. The SMILES string of the molecule is CCCCC(CCC)NC(C)C(=O)NC. The second-order valence-electron chi connectivity index (χ2n) is 4.13. The lowest BCUT2D eigenvalue weighted by atomic mass is 10.0. The number of hydrogen-bond acceptors (Lipinski definition) is 2. The Morgan fingerprint density at radius 2 is 1.87 bits per heavy atom. The molecule has 0 aliphatic carbocycles. The second kappa shape index (κ2) is 8.72. The quantitative estimate of drug-likeness (QED) is 0.649. The summed E-state index contributed by atoms with van der Waals surface area (Å²) in [6, 6.07) is 0.408. The van der Waals surface area contributed by atoms with Crippen molar-refractivity contribution in [2.75, 3.05) is 7.05 Å². The maximum absolute atomic E-state index is 11.4. The van der Waals surface area contributed by atoms with Crippen molar-refractivity contribution in [1.29, 1.82) is 0 Å². The normalized spacial score (nSPS) is 14.7. The summed E-state index contributed by atoms with van der Waals surface area (Å²) in [6.45, 7) is 6.31. The Morgan fingerprint density at radius 1 is 1.20 bits per heavy atom. The number of carbonyl (C=O) groups is 1. The van der Waals surface area contributed by atoms with Gasteiger partial charge in [-0.1, -0.05) is 33.1 Å². The van der Waals surface area contributed by atoms with Gasteiger partial charge in [0.25, 0.3) is 0 Å². The molecule has 90 valence electrons. The minimum atomic E-state index is -0.0802. The van der Waals surface area contributed by atoms with Crippen LogP contribution in [0.15, 0.2) is 0 Å². The molecule has 2 N–H and O–H groups in total. The highest BCUT2D eigenvalue weighted by atomic mass is 16.2. The first-order valence-electron chi connectivity index (χ1n) is 6.13. The average molecular weight is 214 g/mol. The van der Waals surface area contributed by atoms with E-state index >= 15 is 0 Å². The van der Waals surface area contributed by atoms with Crippen LogP contribution in [-0.2, 0) is 4.79 Å². The molecule has 0 heterocycles. The third-order valence-electron chi connectivity index (χ3n) is 2.67. The number of carbonyl (C=O) groups excluding carboxylic acids is 1. The predicted octanol–water partition coefficient (Wildman–Crippen LogP) is 2.07. The molecule has 0 saturated heterocycles. The van der Waals surface area contributed by atoms with Gasteiger partial charge in [-0.15, -0.1) is 0 Å². The lowest BCUT2D eigenvalue weighted by Gasteiger charge is -2.22. The van der Waals surface area contributed by atoms with Crippen LogP contribution >= 0.6 is 0 Å². The van der Waals surface area contributed by atoms with Crippen molar-refractivity contribution >= 4 is 5.91 Å². The third-order valence-corrected chi connectivity index (χ3v) is 2.67. The minimum Gasteiger partial charge on any atom is -0.358 e. The lowest BCUT2D eigenvalue weighted by Crippen LogP contribution is -2.45. The van der Waals surface area contributed by atoms with Crippen molar-refractivity contribution in [2.24, 2.45) is 0 Å². The highest BCUT2D eigenvalue weighted by Gasteiger charge is 2.15. The molecule has 0 fully saturated rings. The molecule has 0 bridgehead atoms. The molecule has 0 rings (SSSR count). The summed E-state index contributed by atoms with van der Waals surface area (Å²) in [5.74, 6) is 0.0765. The van der Waals surface area contributed by atoms with Crippen LogP contribution in [0.2, 0.25) is 0 Å². The van der Waals surface area contributed by atoms with E-state index in [0.717, 1.165) is 6.42 Å². The Bertz CT molecular complexity index is 171. The van der Waals surface area contributed by atoms with Crippen molar-refractivity contribution in [2.45, 2.75) is 65.0 Å². The standard InChI is InChI=1S/C12H26N2O/c1-5-7-9-11(8-6-2)14-10(3)12(15)13-4/h10-11,14H,5-9H2,1-4H3,(H,13,15). The Hall–Kier alpha value is -0.570. The molecule has 0 aliphatic rings. The van der Waals surface area contributed by atoms with E-state index in [4.69, 9.17) is 0 Å². The van der Waals surface area contributed by atoms with Crippen LogP contribution in [-0.4, -0.2) is 25.0 Å². The predicted molar refractivity (Wildman–Crippen MR) is 64.9 cm³/mol. The molecule has 0 aromatic carbocycles. The Balaban J connectivity index is 3.96. The van der Waals surface area contributed by atoms with Gasteiger partial charge in [0.05, 0.1) is 6.04 Å². The first kappa shape index (κ1) is 14.4. The van der Waals surface area contributed by atoms with Crippen LogP contribution in [0.5, 0.6) is 0 Å². The molecule has 2 unspecified atom stereocenters. The van der Waals surface area contributed by atoms with Crippen molar-refractivity contribution in [3.63, 3.8) is 0 Å². The molecule has 0 saturated carbocycles. The zero-order chi connectivity index (χ0) is 11.7. The summed E-state index contributed by atoms with van der Waals surface area (Å²) < 4.78 is 0. The maximum atomic E-state index is 11.4. The van der Waals surface area contributed by atoms with E-state index in [2.05, 4.69) is 24.5 Å². The molecule has 15 heavy (non-hydrogen) atoms. The first-order valence-corrected chi connectivity index (χ1v) is 6.13. The van der Waals surface area contributed by atoms with Gasteiger partial charge in [-0.3, -0.25) is 4.79 Å². The van der Waals surface area contributed by atoms with Crippen LogP contribution in [0.1, 0.15) is 52.9 Å². The van der Waals surface area contributed by atoms with Crippen LogP contribution in [0.3, 0.4) is 0 Å². The van der Waals surface area contributed by atoms with Crippen molar-refractivity contribution in [3.05, 3.63) is 0 Å². The van der Waals surface area contributed by atoms with E-state index in [1.807, 2.05) is 6.92 Å². The Kier molecular flexibility index (Phi) is 8.38. The lowest BCUT2D eigenvalue weighted by molar-refractivity contribution is -0.122. The molecule has 1 amide bonds. The van der Waals surface area contributed by atoms with Crippen molar-refractivity contribution < 1.29 is 4.79 Å². The van der Waals surface area contributed by atoms with E-state index in [1.165, 1.54) is 25.7 Å². The van der Waals surface area contributed by atoms with Crippen molar-refractivity contribution in [1.82, 2.24) is 10.6 Å². The second-order valence-corrected chi connectivity index (χ2v) is 4.13. The summed E-state index contributed by atoms with van der Waals surface area (Å²) in [6.07, 6.45) is 5.95. The molecule has 2 atom stereocenters. The van der Waals surface area contributed by atoms with Crippen LogP contribution < -0.4 is 10.6 Å². The Labute approximate surface area is 94.0 Å². The molecule has 3 nitrogen and oxygen atoms in total. The van der Waals surface area contributed by atoms with E-state index in [1.54, 1.807) is 7.05 Å². The average Bonchev–Trinajstić information content (AvgIpc) is 2.24. The number of amides is 1. The molecule has 0 aromatic rings. The van der Waals surface area contributed by atoms with Gasteiger partial charge in [0, 0.05) is 13.1 Å². The number of unbranched alkanes of at least 4 members (excludes halogenated alkanes) is 1.